The summed E-state index contributed by atoms with van der Waals surface area (Å²) in [4.78, 5) is 24.0. The molecule has 1 aromatic rings. The highest BCUT2D eigenvalue weighted by Crippen LogP contribution is 2.24. The minimum atomic E-state index is -4.10. The number of carbonyl (C=O) groups is 2. The molecule has 3 atom stereocenters. The van der Waals surface area contributed by atoms with Crippen LogP contribution in [0.2, 0.25) is 0 Å². The van der Waals surface area contributed by atoms with Gasteiger partial charge >= 0.3 is 5.97 Å². The lowest BCUT2D eigenvalue weighted by molar-refractivity contribution is -0.130. The normalized spacial score (nSPS) is 21.7. The topological polar surface area (TPSA) is 116 Å². The molecule has 0 aromatic heterocycles. The summed E-state index contributed by atoms with van der Waals surface area (Å²) in [6.45, 7) is 3.43. The van der Waals surface area contributed by atoms with Gasteiger partial charge < -0.3 is 10.1 Å². The van der Waals surface area contributed by atoms with Crippen LogP contribution in [0.25, 0.3) is 0 Å². The first-order chi connectivity index (χ1) is 12.1. The van der Waals surface area contributed by atoms with Crippen LogP contribution in [0.3, 0.4) is 0 Å². The van der Waals surface area contributed by atoms with Crippen molar-refractivity contribution in [2.75, 3.05) is 0 Å². The van der Waals surface area contributed by atoms with Gasteiger partial charge in [-0.25, -0.2) is 22.7 Å². The predicted octanol–water partition coefficient (Wildman–Crippen LogP) is 1.71. The highest BCUT2D eigenvalue weighted by molar-refractivity contribution is 7.89. The minimum Gasteiger partial charge on any atom is -0.449 e. The van der Waals surface area contributed by atoms with E-state index in [1.165, 1.54) is 6.92 Å². The van der Waals surface area contributed by atoms with E-state index in [4.69, 9.17) is 9.88 Å². The quantitative estimate of drug-likeness (QED) is 0.748. The van der Waals surface area contributed by atoms with Crippen molar-refractivity contribution in [3.8, 4) is 0 Å². The zero-order valence-corrected chi connectivity index (χ0v) is 15.5. The third-order valence-corrected chi connectivity index (χ3v) is 5.49. The summed E-state index contributed by atoms with van der Waals surface area (Å²) in [6, 6.07) is 2.56. The molecule has 1 saturated carbocycles. The fourth-order valence-corrected chi connectivity index (χ4v) is 3.49. The van der Waals surface area contributed by atoms with E-state index < -0.39 is 44.3 Å². The first kappa shape index (κ1) is 20.3. The molecule has 1 amide bonds. The smallest absolute Gasteiger partial charge is 0.341 e. The van der Waals surface area contributed by atoms with Gasteiger partial charge in [-0.3, -0.25) is 4.79 Å². The highest BCUT2D eigenvalue weighted by Gasteiger charge is 2.27. The molecule has 0 spiro atoms. The van der Waals surface area contributed by atoms with Crippen LogP contribution in [0.5, 0.6) is 0 Å². The Hall–Kier alpha value is -2.00. The van der Waals surface area contributed by atoms with Crippen LogP contribution in [0.4, 0.5) is 4.39 Å². The molecule has 1 aliphatic rings. The number of nitrogens with two attached hydrogens (primary N) is 1. The molecule has 0 aliphatic heterocycles. The van der Waals surface area contributed by atoms with Crippen molar-refractivity contribution in [2.24, 2.45) is 11.1 Å². The molecule has 1 aliphatic carbocycles. The van der Waals surface area contributed by atoms with Gasteiger partial charge in [0.1, 0.15) is 5.82 Å². The van der Waals surface area contributed by atoms with Crippen molar-refractivity contribution >= 4 is 21.9 Å². The molecule has 1 fully saturated rings. The molecule has 7 nitrogen and oxygen atoms in total. The number of carbonyl (C=O) groups excluding carboxylic acids is 2. The summed E-state index contributed by atoms with van der Waals surface area (Å²) in [6.07, 6.45) is 2.88. The van der Waals surface area contributed by atoms with E-state index in [0.717, 1.165) is 43.9 Å². The van der Waals surface area contributed by atoms with E-state index in [2.05, 4.69) is 12.2 Å². The number of rotatable bonds is 5. The molecule has 0 saturated heterocycles. The van der Waals surface area contributed by atoms with Crippen molar-refractivity contribution < 1.29 is 27.1 Å². The number of nitrogens with one attached hydrogen (secondary N) is 1. The maximum Gasteiger partial charge on any atom is 0.341 e. The van der Waals surface area contributed by atoms with Crippen molar-refractivity contribution in [1.82, 2.24) is 5.32 Å². The average Bonchev–Trinajstić information content (AvgIpc) is 2.56. The number of hydrogen-bond donors (Lipinski definition) is 2. The summed E-state index contributed by atoms with van der Waals surface area (Å²) in [5, 5.41) is 7.83. The predicted molar refractivity (Wildman–Crippen MR) is 92.2 cm³/mol. The molecule has 26 heavy (non-hydrogen) atoms. The Morgan fingerprint density at radius 3 is 2.58 bits per heavy atom. The minimum absolute atomic E-state index is 0.0137. The largest absolute Gasteiger partial charge is 0.449 e. The third-order valence-electron chi connectivity index (χ3n) is 4.58. The molecular formula is C17H23FN2O5S. The van der Waals surface area contributed by atoms with E-state index in [-0.39, 0.29) is 6.04 Å². The Labute approximate surface area is 152 Å². The molecule has 2 rings (SSSR count). The summed E-state index contributed by atoms with van der Waals surface area (Å²) in [5.74, 6) is -2.23. The number of sulfonamides is 1. The molecule has 0 heterocycles. The van der Waals surface area contributed by atoms with E-state index in [0.29, 0.717) is 5.92 Å². The molecule has 0 radical (unpaired) electrons. The lowest BCUT2D eigenvalue weighted by Gasteiger charge is -2.30. The Morgan fingerprint density at radius 2 is 1.96 bits per heavy atom. The number of primary sulfonamides is 1. The van der Waals surface area contributed by atoms with Gasteiger partial charge in [-0.2, -0.15) is 0 Å². The van der Waals surface area contributed by atoms with E-state index >= 15 is 0 Å². The van der Waals surface area contributed by atoms with Gasteiger partial charge in [0.05, 0.1) is 10.5 Å². The fourth-order valence-electron chi connectivity index (χ4n) is 2.95. The van der Waals surface area contributed by atoms with E-state index in [9.17, 15) is 22.4 Å². The van der Waals surface area contributed by atoms with Crippen molar-refractivity contribution in [3.63, 3.8) is 0 Å². The summed E-state index contributed by atoms with van der Waals surface area (Å²) in [5.41, 5.74) is -0.595. The SMILES string of the molecule is C[C@@H](OC(=O)c1cc(S(N)(=O)=O)ccc1F)C(=O)N[C@H]1CCCC[C@@H]1C. The molecule has 9 heteroatoms. The number of amides is 1. The lowest BCUT2D eigenvalue weighted by Crippen LogP contribution is -2.46. The molecule has 3 N–H and O–H groups in total. The second-order valence-corrected chi connectivity index (χ2v) is 8.17. The maximum atomic E-state index is 13.8. The first-order valence-electron chi connectivity index (χ1n) is 8.43. The molecular weight excluding hydrogens is 363 g/mol. The second kappa shape index (κ2) is 8.13. The van der Waals surface area contributed by atoms with Crippen LogP contribution in [-0.2, 0) is 19.6 Å². The highest BCUT2D eigenvalue weighted by atomic mass is 32.2. The van der Waals surface area contributed by atoms with Crippen LogP contribution < -0.4 is 10.5 Å². The maximum absolute atomic E-state index is 13.8. The van der Waals surface area contributed by atoms with Gasteiger partial charge in [-0.1, -0.05) is 19.8 Å². The van der Waals surface area contributed by atoms with Crippen molar-refractivity contribution in [1.29, 1.82) is 0 Å². The zero-order chi connectivity index (χ0) is 19.5. The van der Waals surface area contributed by atoms with Gasteiger partial charge in [0, 0.05) is 6.04 Å². The number of benzene rings is 1. The van der Waals surface area contributed by atoms with Gasteiger partial charge in [0.15, 0.2) is 6.10 Å². The molecule has 0 unspecified atom stereocenters. The van der Waals surface area contributed by atoms with Crippen molar-refractivity contribution in [2.45, 2.75) is 56.6 Å². The summed E-state index contributed by atoms with van der Waals surface area (Å²) in [7, 11) is -4.10. The third kappa shape index (κ3) is 5.01. The van der Waals surface area contributed by atoms with Crippen LogP contribution in [0.15, 0.2) is 23.1 Å². The Balaban J connectivity index is 2.05. The van der Waals surface area contributed by atoms with Gasteiger partial charge in [0.2, 0.25) is 10.0 Å². The van der Waals surface area contributed by atoms with Crippen LogP contribution >= 0.6 is 0 Å². The monoisotopic (exact) mass is 386 g/mol. The fraction of sp³-hybridized carbons (Fsp3) is 0.529. The number of ether oxygens (including phenoxy) is 1. The zero-order valence-electron chi connectivity index (χ0n) is 14.7. The Morgan fingerprint density at radius 1 is 1.31 bits per heavy atom. The standard InChI is InChI=1S/C17H23FN2O5S/c1-10-5-3-4-6-15(10)20-16(21)11(2)25-17(22)13-9-12(26(19,23)24)7-8-14(13)18/h7-11,15H,3-6H2,1-2H3,(H,20,21)(H2,19,23,24)/t10-,11+,15-/m0/s1. The number of esters is 1. The van der Waals surface area contributed by atoms with Crippen LogP contribution in [0.1, 0.15) is 49.9 Å². The first-order valence-corrected chi connectivity index (χ1v) is 9.98. The molecule has 144 valence electrons. The van der Waals surface area contributed by atoms with E-state index in [1.54, 1.807) is 0 Å². The van der Waals surface area contributed by atoms with Crippen LogP contribution in [0, 0.1) is 11.7 Å². The van der Waals surface area contributed by atoms with Crippen molar-refractivity contribution in [3.05, 3.63) is 29.6 Å². The molecule has 0 bridgehead atoms. The Bertz CT molecular complexity index is 796. The lowest BCUT2D eigenvalue weighted by atomic mass is 9.86. The average molecular weight is 386 g/mol. The summed E-state index contributed by atoms with van der Waals surface area (Å²) < 4.78 is 41.5. The number of halogens is 1. The number of hydrogen-bond acceptors (Lipinski definition) is 5. The Kier molecular flexibility index (Phi) is 6.35. The van der Waals surface area contributed by atoms with Gasteiger partial charge in [-0.05, 0) is 43.9 Å². The summed E-state index contributed by atoms with van der Waals surface area (Å²) >= 11 is 0. The second-order valence-electron chi connectivity index (χ2n) is 6.61. The van der Waals surface area contributed by atoms with E-state index in [1.807, 2.05) is 0 Å². The van der Waals surface area contributed by atoms with Gasteiger partial charge in [0.25, 0.3) is 5.91 Å². The molecule has 1 aromatic carbocycles. The van der Waals surface area contributed by atoms with Gasteiger partial charge in [-0.15, -0.1) is 0 Å². The van der Waals surface area contributed by atoms with Crippen LogP contribution in [-0.4, -0.2) is 32.4 Å².